The van der Waals surface area contributed by atoms with Crippen LogP contribution in [0.25, 0.3) is 22.2 Å². The first-order chi connectivity index (χ1) is 9.63. The van der Waals surface area contributed by atoms with Crippen LogP contribution in [0.4, 0.5) is 0 Å². The summed E-state index contributed by atoms with van der Waals surface area (Å²) in [4.78, 5) is 12.3. The van der Waals surface area contributed by atoms with Crippen LogP contribution in [0.3, 0.4) is 0 Å². The van der Waals surface area contributed by atoms with Crippen LogP contribution in [0.1, 0.15) is 32.0 Å². The summed E-state index contributed by atoms with van der Waals surface area (Å²) in [5, 5.41) is 0. The lowest BCUT2D eigenvalue weighted by Gasteiger charge is -2.00. The second-order valence-corrected chi connectivity index (χ2v) is 6.34. The molecule has 1 fully saturated rings. The molecule has 0 bridgehead atoms. The molecule has 100 valence electrons. The van der Waals surface area contributed by atoms with Crippen molar-refractivity contribution in [1.82, 2.24) is 15.0 Å². The van der Waals surface area contributed by atoms with Gasteiger partial charge in [-0.3, -0.25) is 4.98 Å². The van der Waals surface area contributed by atoms with E-state index in [9.17, 15) is 0 Å². The Kier molecular flexibility index (Phi) is 2.28. The van der Waals surface area contributed by atoms with Crippen molar-refractivity contribution in [1.29, 1.82) is 0 Å². The lowest BCUT2D eigenvalue weighted by molar-refractivity contribution is 0.612. The summed E-state index contributed by atoms with van der Waals surface area (Å²) < 4.78 is 0. The first-order valence-electron chi connectivity index (χ1n) is 7.03. The van der Waals surface area contributed by atoms with E-state index in [-0.39, 0.29) is 0 Å². The van der Waals surface area contributed by atoms with Crippen molar-refractivity contribution in [2.75, 3.05) is 0 Å². The molecule has 1 aliphatic rings. The van der Waals surface area contributed by atoms with Crippen LogP contribution >= 0.6 is 0 Å². The lowest BCUT2D eigenvalue weighted by atomic mass is 10.1. The molecule has 1 saturated carbocycles. The SMILES string of the molecule is CC1(C)CC1c1nc2ccc(-c3ccncc3)cc2[nH]1. The molecule has 1 aliphatic carbocycles. The normalized spacial score (nSPS) is 20.2. The molecule has 0 amide bonds. The second-order valence-electron chi connectivity index (χ2n) is 6.34. The van der Waals surface area contributed by atoms with Crippen molar-refractivity contribution in [2.45, 2.75) is 26.2 Å². The molecule has 0 radical (unpaired) electrons. The number of hydrogen-bond acceptors (Lipinski definition) is 2. The minimum Gasteiger partial charge on any atom is -0.342 e. The van der Waals surface area contributed by atoms with E-state index in [2.05, 4.69) is 42.0 Å². The molecule has 0 spiro atoms. The molecule has 1 atom stereocenters. The number of fused-ring (bicyclic) bond motifs is 1. The maximum Gasteiger partial charge on any atom is 0.110 e. The maximum atomic E-state index is 4.74. The van der Waals surface area contributed by atoms with Gasteiger partial charge in [-0.1, -0.05) is 19.9 Å². The van der Waals surface area contributed by atoms with Crippen LogP contribution < -0.4 is 0 Å². The highest BCUT2D eigenvalue weighted by molar-refractivity contribution is 5.82. The Morgan fingerprint density at radius 1 is 1.10 bits per heavy atom. The molecule has 1 unspecified atom stereocenters. The van der Waals surface area contributed by atoms with Crippen LogP contribution in [0.15, 0.2) is 42.7 Å². The van der Waals surface area contributed by atoms with E-state index in [4.69, 9.17) is 4.98 Å². The molecule has 2 aromatic heterocycles. The average Bonchev–Trinajstić information content (AvgIpc) is 2.92. The zero-order chi connectivity index (χ0) is 13.7. The van der Waals surface area contributed by atoms with Crippen molar-refractivity contribution >= 4 is 11.0 Å². The van der Waals surface area contributed by atoms with Gasteiger partial charge < -0.3 is 4.98 Å². The number of nitrogens with one attached hydrogen (secondary N) is 1. The minimum atomic E-state index is 0.405. The number of benzene rings is 1. The van der Waals surface area contributed by atoms with Gasteiger partial charge in [-0.2, -0.15) is 0 Å². The number of aromatic nitrogens is 3. The van der Waals surface area contributed by atoms with Crippen LogP contribution in [-0.4, -0.2) is 15.0 Å². The van der Waals surface area contributed by atoms with Gasteiger partial charge in [0.25, 0.3) is 0 Å². The molecule has 4 rings (SSSR count). The van der Waals surface area contributed by atoms with Crippen molar-refractivity contribution in [3.63, 3.8) is 0 Å². The van der Waals surface area contributed by atoms with Crippen LogP contribution in [0, 0.1) is 5.41 Å². The minimum absolute atomic E-state index is 0.405. The van der Waals surface area contributed by atoms with Gasteiger partial charge in [-0.15, -0.1) is 0 Å². The Labute approximate surface area is 118 Å². The maximum absolute atomic E-state index is 4.74. The van der Waals surface area contributed by atoms with Crippen LogP contribution in [0.2, 0.25) is 0 Å². The molecule has 3 nitrogen and oxygen atoms in total. The predicted molar refractivity (Wildman–Crippen MR) is 80.5 cm³/mol. The monoisotopic (exact) mass is 263 g/mol. The van der Waals surface area contributed by atoms with E-state index in [0.29, 0.717) is 11.3 Å². The summed E-state index contributed by atoms with van der Waals surface area (Å²) in [6.45, 7) is 4.60. The highest BCUT2D eigenvalue weighted by Gasteiger charge is 2.48. The quantitative estimate of drug-likeness (QED) is 0.755. The highest BCUT2D eigenvalue weighted by atomic mass is 14.9. The number of aromatic amines is 1. The first-order valence-corrected chi connectivity index (χ1v) is 7.03. The Balaban J connectivity index is 1.77. The van der Waals surface area contributed by atoms with Gasteiger partial charge in [0.05, 0.1) is 11.0 Å². The highest BCUT2D eigenvalue weighted by Crippen LogP contribution is 2.57. The van der Waals surface area contributed by atoms with E-state index in [0.717, 1.165) is 16.9 Å². The predicted octanol–water partition coefficient (Wildman–Crippen LogP) is 4.14. The largest absolute Gasteiger partial charge is 0.342 e. The van der Waals surface area contributed by atoms with Gasteiger partial charge in [-0.25, -0.2) is 4.98 Å². The topological polar surface area (TPSA) is 41.6 Å². The third-order valence-corrected chi connectivity index (χ3v) is 4.36. The fraction of sp³-hybridized carbons (Fsp3) is 0.294. The van der Waals surface area contributed by atoms with Gasteiger partial charge in [0.1, 0.15) is 5.82 Å². The summed E-state index contributed by atoms with van der Waals surface area (Å²) in [5.41, 5.74) is 4.97. The Morgan fingerprint density at radius 2 is 1.85 bits per heavy atom. The Bertz CT molecular complexity index is 771. The molecule has 20 heavy (non-hydrogen) atoms. The van der Waals surface area contributed by atoms with E-state index in [1.165, 1.54) is 17.5 Å². The molecular weight excluding hydrogens is 246 g/mol. The summed E-state index contributed by atoms with van der Waals surface area (Å²) in [7, 11) is 0. The molecule has 0 saturated heterocycles. The zero-order valence-corrected chi connectivity index (χ0v) is 11.7. The number of hydrogen-bond donors (Lipinski definition) is 1. The molecule has 3 heteroatoms. The molecule has 3 aromatic rings. The first kappa shape index (κ1) is 11.6. The van der Waals surface area contributed by atoms with Crippen molar-refractivity contribution in [2.24, 2.45) is 5.41 Å². The van der Waals surface area contributed by atoms with Gasteiger partial charge in [0.15, 0.2) is 0 Å². The van der Waals surface area contributed by atoms with E-state index in [1.807, 2.05) is 24.5 Å². The van der Waals surface area contributed by atoms with E-state index >= 15 is 0 Å². The summed E-state index contributed by atoms with van der Waals surface area (Å²) in [5.74, 6) is 1.72. The standard InChI is InChI=1S/C17H17N3/c1-17(2)10-13(17)16-19-14-4-3-12(9-15(14)20-16)11-5-7-18-8-6-11/h3-9,13H,10H2,1-2H3,(H,19,20). The van der Waals surface area contributed by atoms with Gasteiger partial charge in [-0.05, 0) is 47.2 Å². The number of H-pyrrole nitrogens is 1. The lowest BCUT2D eigenvalue weighted by Crippen LogP contribution is -1.91. The molecule has 0 aliphatic heterocycles. The number of pyridine rings is 1. The Hall–Kier alpha value is -2.16. The van der Waals surface area contributed by atoms with Crippen molar-refractivity contribution in [3.05, 3.63) is 48.5 Å². The van der Waals surface area contributed by atoms with Crippen molar-refractivity contribution in [3.8, 4) is 11.1 Å². The van der Waals surface area contributed by atoms with Gasteiger partial charge in [0, 0.05) is 18.3 Å². The smallest absolute Gasteiger partial charge is 0.110 e. The third-order valence-electron chi connectivity index (χ3n) is 4.36. The van der Waals surface area contributed by atoms with Gasteiger partial charge in [0.2, 0.25) is 0 Å². The number of imidazole rings is 1. The van der Waals surface area contributed by atoms with Crippen LogP contribution in [-0.2, 0) is 0 Å². The van der Waals surface area contributed by atoms with Crippen molar-refractivity contribution < 1.29 is 0 Å². The van der Waals surface area contributed by atoms with Gasteiger partial charge >= 0.3 is 0 Å². The third kappa shape index (κ3) is 1.82. The van der Waals surface area contributed by atoms with E-state index < -0.39 is 0 Å². The Morgan fingerprint density at radius 3 is 2.55 bits per heavy atom. The van der Waals surface area contributed by atoms with Crippen LogP contribution in [0.5, 0.6) is 0 Å². The summed E-state index contributed by atoms with van der Waals surface area (Å²) in [6, 6.07) is 10.5. The molecule has 2 heterocycles. The number of nitrogens with zero attached hydrogens (tertiary/aromatic N) is 2. The molecule has 1 aromatic carbocycles. The van der Waals surface area contributed by atoms with E-state index in [1.54, 1.807) is 0 Å². The summed E-state index contributed by atoms with van der Waals surface area (Å²) in [6.07, 6.45) is 4.87. The average molecular weight is 263 g/mol. The second kappa shape index (κ2) is 3.92. The molecular formula is C17H17N3. The summed E-state index contributed by atoms with van der Waals surface area (Å²) >= 11 is 0. The number of rotatable bonds is 2. The zero-order valence-electron chi connectivity index (χ0n) is 11.7. The molecule has 1 N–H and O–H groups in total. The fourth-order valence-corrected chi connectivity index (χ4v) is 2.85. The fourth-order valence-electron chi connectivity index (χ4n) is 2.85.